The molecule has 13 heavy (non-hydrogen) atoms. The van der Waals surface area contributed by atoms with Gasteiger partial charge in [-0.05, 0) is 42.6 Å². The molecule has 0 aliphatic rings. The molecule has 2 nitrogen and oxygen atoms in total. The van der Waals surface area contributed by atoms with E-state index in [1.165, 1.54) is 11.1 Å². The van der Waals surface area contributed by atoms with Crippen LogP contribution >= 0.6 is 11.6 Å². The van der Waals surface area contributed by atoms with Crippen LogP contribution in [0.25, 0.3) is 11.0 Å². The Bertz CT molecular complexity index is 471. The van der Waals surface area contributed by atoms with Crippen LogP contribution < -0.4 is 0 Å². The van der Waals surface area contributed by atoms with E-state index in [1.54, 1.807) is 0 Å². The Kier molecular flexibility index (Phi) is 1.81. The predicted octanol–water partition coefficient (Wildman–Crippen LogP) is 2.84. The molecule has 0 spiro atoms. The van der Waals surface area contributed by atoms with E-state index in [0.717, 1.165) is 11.0 Å². The van der Waals surface area contributed by atoms with Crippen LogP contribution in [0.5, 0.6) is 0 Å². The van der Waals surface area contributed by atoms with Gasteiger partial charge in [-0.3, -0.25) is 0 Å². The highest BCUT2D eigenvalue weighted by Gasteiger charge is 2.08. The maximum Gasteiger partial charge on any atom is 0.203 e. The molecule has 1 aromatic carbocycles. The smallest absolute Gasteiger partial charge is 0.203 e. The van der Waals surface area contributed by atoms with Gasteiger partial charge in [0.1, 0.15) is 0 Å². The first kappa shape index (κ1) is 8.57. The maximum atomic E-state index is 5.93. The van der Waals surface area contributed by atoms with E-state index in [2.05, 4.69) is 31.0 Å². The maximum absolute atomic E-state index is 5.93. The normalized spacial score (nSPS) is 11.1. The molecule has 1 aromatic heterocycles. The van der Waals surface area contributed by atoms with E-state index < -0.39 is 0 Å². The van der Waals surface area contributed by atoms with Crippen molar-refractivity contribution in [3.05, 3.63) is 28.5 Å². The fraction of sp³-hybridized carbons (Fsp3) is 0.300. The number of fused-ring (bicyclic) bond motifs is 1. The highest BCUT2D eigenvalue weighted by molar-refractivity contribution is 6.29. The first-order valence-electron chi connectivity index (χ1n) is 4.19. The zero-order chi connectivity index (χ0) is 9.59. The third-order valence-electron chi connectivity index (χ3n) is 2.52. The summed E-state index contributed by atoms with van der Waals surface area (Å²) in [4.78, 5) is 4.30. The lowest BCUT2D eigenvalue weighted by atomic mass is 10.1. The molecule has 0 atom stereocenters. The Morgan fingerprint density at radius 3 is 2.69 bits per heavy atom. The fourth-order valence-electron chi connectivity index (χ4n) is 1.47. The van der Waals surface area contributed by atoms with Crippen LogP contribution in [0.3, 0.4) is 0 Å². The number of rotatable bonds is 0. The van der Waals surface area contributed by atoms with Crippen molar-refractivity contribution >= 4 is 22.6 Å². The van der Waals surface area contributed by atoms with E-state index in [1.807, 2.05) is 11.6 Å². The Morgan fingerprint density at radius 1 is 1.31 bits per heavy atom. The molecule has 0 bridgehead atoms. The van der Waals surface area contributed by atoms with Crippen LogP contribution in [0.2, 0.25) is 5.28 Å². The van der Waals surface area contributed by atoms with Crippen LogP contribution in [0.15, 0.2) is 12.1 Å². The van der Waals surface area contributed by atoms with Gasteiger partial charge in [0.2, 0.25) is 5.28 Å². The molecule has 2 rings (SSSR count). The van der Waals surface area contributed by atoms with Gasteiger partial charge >= 0.3 is 0 Å². The van der Waals surface area contributed by atoms with E-state index in [-0.39, 0.29) is 0 Å². The summed E-state index contributed by atoms with van der Waals surface area (Å²) in [7, 11) is 1.92. The van der Waals surface area contributed by atoms with Crippen molar-refractivity contribution in [2.45, 2.75) is 13.8 Å². The standard InChI is InChI=1S/C10H11ClN2/c1-6-4-5-8-9(7(6)2)12-10(11)13(8)3/h4-5H,1-3H3. The van der Waals surface area contributed by atoms with Gasteiger partial charge in [-0.25, -0.2) is 4.98 Å². The molecule has 0 aliphatic heterocycles. The lowest BCUT2D eigenvalue weighted by Gasteiger charge is -2.00. The van der Waals surface area contributed by atoms with E-state index in [9.17, 15) is 0 Å². The van der Waals surface area contributed by atoms with Gasteiger partial charge in [-0.1, -0.05) is 6.07 Å². The summed E-state index contributed by atoms with van der Waals surface area (Å²) in [5, 5.41) is 0.545. The zero-order valence-electron chi connectivity index (χ0n) is 7.93. The van der Waals surface area contributed by atoms with Crippen LogP contribution in [0.4, 0.5) is 0 Å². The molecule has 68 valence electrons. The SMILES string of the molecule is Cc1ccc2c(nc(Cl)n2C)c1C. The Morgan fingerprint density at radius 2 is 2.00 bits per heavy atom. The van der Waals surface area contributed by atoms with Gasteiger partial charge in [-0.2, -0.15) is 0 Å². The molecule has 0 aliphatic carbocycles. The molecular weight excluding hydrogens is 184 g/mol. The summed E-state index contributed by atoms with van der Waals surface area (Å²) in [6.45, 7) is 4.15. The second kappa shape index (κ2) is 2.74. The van der Waals surface area contributed by atoms with E-state index >= 15 is 0 Å². The van der Waals surface area contributed by atoms with Crippen molar-refractivity contribution in [3.8, 4) is 0 Å². The number of aryl methyl sites for hydroxylation is 3. The summed E-state index contributed by atoms with van der Waals surface area (Å²) < 4.78 is 1.89. The summed E-state index contributed by atoms with van der Waals surface area (Å²) in [6, 6.07) is 4.15. The van der Waals surface area contributed by atoms with Crippen LogP contribution in [0.1, 0.15) is 11.1 Å². The van der Waals surface area contributed by atoms with E-state index in [4.69, 9.17) is 11.6 Å². The van der Waals surface area contributed by atoms with Gasteiger partial charge in [0.25, 0.3) is 0 Å². The minimum absolute atomic E-state index is 0.545. The number of hydrogen-bond acceptors (Lipinski definition) is 1. The van der Waals surface area contributed by atoms with Crippen molar-refractivity contribution in [1.82, 2.24) is 9.55 Å². The number of benzene rings is 1. The average molecular weight is 195 g/mol. The van der Waals surface area contributed by atoms with Crippen LogP contribution in [0, 0.1) is 13.8 Å². The Hall–Kier alpha value is -1.02. The minimum Gasteiger partial charge on any atom is -0.318 e. The quantitative estimate of drug-likeness (QED) is 0.631. The van der Waals surface area contributed by atoms with Crippen molar-refractivity contribution in [1.29, 1.82) is 0 Å². The highest BCUT2D eigenvalue weighted by Crippen LogP contribution is 2.23. The van der Waals surface area contributed by atoms with Crippen LogP contribution in [-0.4, -0.2) is 9.55 Å². The van der Waals surface area contributed by atoms with Crippen molar-refractivity contribution in [3.63, 3.8) is 0 Å². The van der Waals surface area contributed by atoms with Crippen LogP contribution in [-0.2, 0) is 7.05 Å². The number of aromatic nitrogens is 2. The van der Waals surface area contributed by atoms with E-state index in [0.29, 0.717) is 5.28 Å². The molecule has 0 radical (unpaired) electrons. The monoisotopic (exact) mass is 194 g/mol. The largest absolute Gasteiger partial charge is 0.318 e. The van der Waals surface area contributed by atoms with Gasteiger partial charge < -0.3 is 4.57 Å². The minimum atomic E-state index is 0.545. The molecular formula is C10H11ClN2. The Labute approximate surface area is 82.1 Å². The lowest BCUT2D eigenvalue weighted by molar-refractivity contribution is 0.949. The second-order valence-corrected chi connectivity index (χ2v) is 3.65. The third kappa shape index (κ3) is 1.13. The number of nitrogens with zero attached hydrogens (tertiary/aromatic N) is 2. The zero-order valence-corrected chi connectivity index (χ0v) is 8.68. The molecule has 0 unspecified atom stereocenters. The first-order valence-corrected chi connectivity index (χ1v) is 4.57. The lowest BCUT2D eigenvalue weighted by Crippen LogP contribution is -1.87. The molecule has 0 saturated carbocycles. The summed E-state index contributed by atoms with van der Waals surface area (Å²) in [5.41, 5.74) is 4.56. The molecule has 0 fully saturated rings. The Balaban J connectivity index is 2.94. The summed E-state index contributed by atoms with van der Waals surface area (Å²) in [5.74, 6) is 0. The highest BCUT2D eigenvalue weighted by atomic mass is 35.5. The van der Waals surface area contributed by atoms with Gasteiger partial charge in [0, 0.05) is 7.05 Å². The second-order valence-electron chi connectivity index (χ2n) is 3.32. The topological polar surface area (TPSA) is 17.8 Å². The molecule has 0 saturated heterocycles. The molecule has 3 heteroatoms. The summed E-state index contributed by atoms with van der Waals surface area (Å²) in [6.07, 6.45) is 0. The fourth-order valence-corrected chi connectivity index (χ4v) is 1.64. The van der Waals surface area contributed by atoms with Crippen molar-refractivity contribution in [2.24, 2.45) is 7.05 Å². The number of hydrogen-bond donors (Lipinski definition) is 0. The molecule has 0 N–H and O–H groups in total. The number of imidazole rings is 1. The third-order valence-corrected chi connectivity index (χ3v) is 2.86. The number of halogens is 1. The molecule has 0 amide bonds. The molecule has 1 heterocycles. The average Bonchev–Trinajstić information content (AvgIpc) is 2.38. The predicted molar refractivity (Wildman–Crippen MR) is 55.2 cm³/mol. The van der Waals surface area contributed by atoms with Gasteiger partial charge in [0.15, 0.2) is 0 Å². The summed E-state index contributed by atoms with van der Waals surface area (Å²) >= 11 is 5.93. The van der Waals surface area contributed by atoms with Gasteiger partial charge in [-0.15, -0.1) is 0 Å². The van der Waals surface area contributed by atoms with Gasteiger partial charge in [0.05, 0.1) is 11.0 Å². The van der Waals surface area contributed by atoms with Crippen molar-refractivity contribution < 1.29 is 0 Å². The first-order chi connectivity index (χ1) is 6.11. The molecule has 2 aromatic rings. The van der Waals surface area contributed by atoms with Crippen molar-refractivity contribution in [2.75, 3.05) is 0 Å².